The van der Waals surface area contributed by atoms with E-state index in [2.05, 4.69) is 14.9 Å². The lowest BCUT2D eigenvalue weighted by atomic mass is 9.75. The average molecular weight is 303 g/mol. The van der Waals surface area contributed by atoms with Crippen molar-refractivity contribution in [3.8, 4) is 0 Å². The van der Waals surface area contributed by atoms with Gasteiger partial charge in [0.25, 0.3) is 0 Å². The molecule has 0 amide bonds. The number of rotatable bonds is 5. The van der Waals surface area contributed by atoms with E-state index < -0.39 is 26.9 Å². The molecule has 1 heterocycles. The summed E-state index contributed by atoms with van der Waals surface area (Å²) >= 11 is 0. The van der Waals surface area contributed by atoms with Gasteiger partial charge in [-0.05, 0) is 41.5 Å². The first kappa shape index (κ1) is 16.6. The van der Waals surface area contributed by atoms with Gasteiger partial charge in [-0.25, -0.2) is 13.1 Å². The minimum atomic E-state index is -3.86. The molecule has 0 unspecified atom stereocenters. The molecule has 0 atom stereocenters. The highest BCUT2D eigenvalue weighted by Crippen LogP contribution is 2.32. The van der Waals surface area contributed by atoms with E-state index in [1.54, 1.807) is 27.7 Å². The van der Waals surface area contributed by atoms with Gasteiger partial charge in [-0.3, -0.25) is 9.89 Å². The summed E-state index contributed by atoms with van der Waals surface area (Å²) in [6, 6.07) is 0. The van der Waals surface area contributed by atoms with Crippen LogP contribution in [0.4, 0.5) is 0 Å². The monoisotopic (exact) mass is 303 g/mol. The third kappa shape index (κ3) is 2.71. The number of nitrogens with one attached hydrogen (secondary N) is 2. The Kier molecular flexibility index (Phi) is 4.04. The van der Waals surface area contributed by atoms with E-state index in [0.29, 0.717) is 11.4 Å². The molecule has 0 saturated heterocycles. The van der Waals surface area contributed by atoms with Crippen molar-refractivity contribution in [2.45, 2.75) is 52.0 Å². The van der Waals surface area contributed by atoms with Crippen LogP contribution < -0.4 is 4.72 Å². The number of aryl methyl sites for hydroxylation is 2. The van der Waals surface area contributed by atoms with Gasteiger partial charge < -0.3 is 5.11 Å². The predicted octanol–water partition coefficient (Wildman–Crippen LogP) is 1.19. The number of H-pyrrole nitrogens is 1. The largest absolute Gasteiger partial charge is 0.481 e. The first-order valence-electron chi connectivity index (χ1n) is 6.12. The van der Waals surface area contributed by atoms with E-state index in [1.165, 1.54) is 13.8 Å². The van der Waals surface area contributed by atoms with Crippen LogP contribution in [-0.4, -0.2) is 35.2 Å². The van der Waals surface area contributed by atoms with Gasteiger partial charge >= 0.3 is 5.97 Å². The summed E-state index contributed by atoms with van der Waals surface area (Å²) in [5, 5.41) is 15.7. The highest BCUT2D eigenvalue weighted by molar-refractivity contribution is 7.89. The van der Waals surface area contributed by atoms with Crippen LogP contribution >= 0.6 is 0 Å². The number of aromatic amines is 1. The normalized spacial score (nSPS) is 13.5. The lowest BCUT2D eigenvalue weighted by Crippen LogP contribution is -2.56. The molecule has 20 heavy (non-hydrogen) atoms. The van der Waals surface area contributed by atoms with Crippen molar-refractivity contribution in [2.24, 2.45) is 5.41 Å². The number of nitrogens with zero attached hydrogens (tertiary/aromatic N) is 1. The van der Waals surface area contributed by atoms with Crippen LogP contribution in [0.1, 0.15) is 39.1 Å². The van der Waals surface area contributed by atoms with Crippen LogP contribution in [0.2, 0.25) is 0 Å². The Balaban J connectivity index is 3.25. The first-order valence-corrected chi connectivity index (χ1v) is 7.60. The lowest BCUT2D eigenvalue weighted by Gasteiger charge is -2.38. The van der Waals surface area contributed by atoms with E-state index in [9.17, 15) is 18.3 Å². The van der Waals surface area contributed by atoms with E-state index in [1.807, 2.05) is 0 Å². The SMILES string of the molecule is Cc1n[nH]c(C)c1S(=O)(=O)NC(C)(C)C(C)(C)C(=O)O. The Bertz CT molecular complexity index is 610. The number of carboxylic acid groups (broad SMARTS) is 1. The highest BCUT2D eigenvalue weighted by Gasteiger charge is 2.46. The molecule has 0 saturated carbocycles. The van der Waals surface area contributed by atoms with Crippen LogP contribution in [0.5, 0.6) is 0 Å². The maximum absolute atomic E-state index is 12.5. The molecule has 1 aromatic rings. The zero-order valence-electron chi connectivity index (χ0n) is 12.5. The van der Waals surface area contributed by atoms with Crippen LogP contribution in [0, 0.1) is 19.3 Å². The fourth-order valence-electron chi connectivity index (χ4n) is 1.72. The molecule has 7 nitrogen and oxygen atoms in total. The molecule has 1 aromatic heterocycles. The molecule has 0 spiro atoms. The summed E-state index contributed by atoms with van der Waals surface area (Å²) in [5.41, 5.74) is -1.68. The van der Waals surface area contributed by atoms with Gasteiger partial charge in [0, 0.05) is 5.54 Å². The Morgan fingerprint density at radius 2 is 1.75 bits per heavy atom. The number of sulfonamides is 1. The summed E-state index contributed by atoms with van der Waals surface area (Å²) in [7, 11) is -3.86. The summed E-state index contributed by atoms with van der Waals surface area (Å²) in [5.74, 6) is -1.08. The molecule has 0 aromatic carbocycles. The topological polar surface area (TPSA) is 112 Å². The van der Waals surface area contributed by atoms with Gasteiger partial charge in [-0.1, -0.05) is 0 Å². The second-order valence-corrected chi connectivity index (χ2v) is 7.54. The molecule has 114 valence electrons. The molecule has 0 fully saturated rings. The number of hydrogen-bond acceptors (Lipinski definition) is 4. The Hall–Kier alpha value is -1.41. The molecule has 0 aliphatic heterocycles. The van der Waals surface area contributed by atoms with Crippen LogP contribution in [0.3, 0.4) is 0 Å². The zero-order chi connectivity index (χ0) is 15.9. The lowest BCUT2D eigenvalue weighted by molar-refractivity contribution is -0.150. The maximum atomic E-state index is 12.5. The van der Waals surface area contributed by atoms with E-state index in [4.69, 9.17) is 0 Å². The number of aromatic nitrogens is 2. The van der Waals surface area contributed by atoms with Crippen LogP contribution in [0.25, 0.3) is 0 Å². The Morgan fingerprint density at radius 3 is 2.10 bits per heavy atom. The number of carbonyl (C=O) groups is 1. The molecule has 3 N–H and O–H groups in total. The van der Waals surface area contributed by atoms with Gasteiger partial charge in [0.15, 0.2) is 0 Å². The maximum Gasteiger partial charge on any atom is 0.310 e. The highest BCUT2D eigenvalue weighted by atomic mass is 32.2. The van der Waals surface area contributed by atoms with Gasteiger partial charge in [-0.15, -0.1) is 0 Å². The van der Waals surface area contributed by atoms with Gasteiger partial charge in [0.05, 0.1) is 16.8 Å². The van der Waals surface area contributed by atoms with Crippen LogP contribution in [0.15, 0.2) is 4.90 Å². The predicted molar refractivity (Wildman–Crippen MR) is 73.9 cm³/mol. The molecule has 1 rings (SSSR count). The smallest absolute Gasteiger partial charge is 0.310 e. The van der Waals surface area contributed by atoms with Crippen molar-refractivity contribution in [2.75, 3.05) is 0 Å². The number of carboxylic acids is 1. The van der Waals surface area contributed by atoms with Gasteiger partial charge in [-0.2, -0.15) is 5.10 Å². The minimum absolute atomic E-state index is 0.0618. The van der Waals surface area contributed by atoms with Crippen molar-refractivity contribution in [3.05, 3.63) is 11.4 Å². The van der Waals surface area contributed by atoms with Crippen molar-refractivity contribution in [3.63, 3.8) is 0 Å². The molecular formula is C12H21N3O4S. The molecular weight excluding hydrogens is 282 g/mol. The second kappa shape index (κ2) is 4.85. The molecule has 0 aliphatic carbocycles. The Morgan fingerprint density at radius 1 is 1.25 bits per heavy atom. The molecule has 0 bridgehead atoms. The minimum Gasteiger partial charge on any atom is -0.481 e. The molecule has 0 radical (unpaired) electrons. The van der Waals surface area contributed by atoms with E-state index >= 15 is 0 Å². The third-order valence-electron chi connectivity index (χ3n) is 3.82. The van der Waals surface area contributed by atoms with Crippen molar-refractivity contribution >= 4 is 16.0 Å². The van der Waals surface area contributed by atoms with Gasteiger partial charge in [0.2, 0.25) is 10.0 Å². The van der Waals surface area contributed by atoms with Crippen molar-refractivity contribution in [1.29, 1.82) is 0 Å². The van der Waals surface area contributed by atoms with E-state index in [-0.39, 0.29) is 4.90 Å². The zero-order valence-corrected chi connectivity index (χ0v) is 13.3. The average Bonchev–Trinajstić information content (AvgIpc) is 2.56. The van der Waals surface area contributed by atoms with Crippen molar-refractivity contribution in [1.82, 2.24) is 14.9 Å². The standard InChI is InChI=1S/C12H21N3O4S/c1-7-9(8(2)14-13-7)20(18,19)15-12(5,6)11(3,4)10(16)17/h15H,1-6H3,(H,13,14)(H,16,17). The quantitative estimate of drug-likeness (QED) is 0.756. The summed E-state index contributed by atoms with van der Waals surface area (Å²) in [6.07, 6.45) is 0. The second-order valence-electron chi connectivity index (χ2n) is 5.92. The fraction of sp³-hybridized carbons (Fsp3) is 0.667. The molecule has 8 heteroatoms. The fourth-order valence-corrected chi connectivity index (χ4v) is 3.63. The number of aliphatic carboxylic acids is 1. The van der Waals surface area contributed by atoms with Crippen molar-refractivity contribution < 1.29 is 18.3 Å². The molecule has 0 aliphatic rings. The van der Waals surface area contributed by atoms with E-state index in [0.717, 1.165) is 0 Å². The number of hydrogen-bond donors (Lipinski definition) is 3. The summed E-state index contributed by atoms with van der Waals surface area (Å²) < 4.78 is 27.4. The third-order valence-corrected chi connectivity index (χ3v) is 5.73. The summed E-state index contributed by atoms with van der Waals surface area (Å²) in [6.45, 7) is 9.23. The Labute approximate surface area is 118 Å². The van der Waals surface area contributed by atoms with Gasteiger partial charge in [0.1, 0.15) is 4.90 Å². The van der Waals surface area contributed by atoms with Crippen LogP contribution in [-0.2, 0) is 14.8 Å². The first-order chi connectivity index (χ1) is 8.83. The summed E-state index contributed by atoms with van der Waals surface area (Å²) in [4.78, 5) is 11.4.